The van der Waals surface area contributed by atoms with E-state index >= 15 is 0 Å². The molecule has 29 heavy (non-hydrogen) atoms. The third-order valence-electron chi connectivity index (χ3n) is 4.46. The van der Waals surface area contributed by atoms with E-state index < -0.39 is 16.3 Å². The third-order valence-corrected chi connectivity index (χ3v) is 5.19. The van der Waals surface area contributed by atoms with E-state index in [0.717, 1.165) is 23.4 Å². The number of benzene rings is 1. The molecule has 2 amide bonds. The quantitative estimate of drug-likeness (QED) is 0.348. The molecule has 2 heterocycles. The van der Waals surface area contributed by atoms with Crippen molar-refractivity contribution in [2.75, 3.05) is 24.7 Å². The number of nitrogens with zero attached hydrogens (tertiary/aromatic N) is 1. The number of amides is 2. The fourth-order valence-electron chi connectivity index (χ4n) is 3.19. The summed E-state index contributed by atoms with van der Waals surface area (Å²) in [6.07, 6.45) is 4.91. The normalized spacial score (nSPS) is 22.3. The van der Waals surface area contributed by atoms with Crippen LogP contribution in [-0.4, -0.2) is 57.3 Å². The second-order valence-electron chi connectivity index (χ2n) is 7.11. The molecule has 2 aromatic rings. The van der Waals surface area contributed by atoms with Gasteiger partial charge in [0.25, 0.3) is 0 Å². The number of hydrogen-bond donors (Lipinski definition) is 6. The summed E-state index contributed by atoms with van der Waals surface area (Å²) in [6.45, 7) is 2.80. The SMILES string of the molecule is CC1CC(NCCNS(C)(=O)=O)NC(NC(=O)Nc2ccc3cnccc3c2)N1. The molecule has 11 heteroatoms. The molecule has 1 aliphatic heterocycles. The Bertz CT molecular complexity index is 953. The standard InChI is InChI=1S/C18H27N7O3S/c1-12-9-16(20-7-8-21-29(2,27)28)24-17(22-12)25-18(26)23-15-4-3-14-11-19-6-5-13(14)10-15/h3-6,10-12,16-17,20-22,24H,7-9H2,1-2H3,(H2,23,25,26). The number of anilines is 1. The van der Waals surface area contributed by atoms with Crippen molar-refractivity contribution in [2.45, 2.75) is 31.8 Å². The summed E-state index contributed by atoms with van der Waals surface area (Å²) in [4.78, 5) is 16.5. The van der Waals surface area contributed by atoms with E-state index in [4.69, 9.17) is 0 Å². The molecule has 0 saturated carbocycles. The Morgan fingerprint density at radius 1 is 1.21 bits per heavy atom. The molecule has 10 nitrogen and oxygen atoms in total. The molecule has 0 aliphatic carbocycles. The van der Waals surface area contributed by atoms with Crippen molar-refractivity contribution in [3.63, 3.8) is 0 Å². The van der Waals surface area contributed by atoms with E-state index in [1.807, 2.05) is 31.2 Å². The summed E-state index contributed by atoms with van der Waals surface area (Å²) in [6, 6.07) is 7.33. The third kappa shape index (κ3) is 6.91. The summed E-state index contributed by atoms with van der Waals surface area (Å²) in [5, 5.41) is 17.4. The summed E-state index contributed by atoms with van der Waals surface area (Å²) in [7, 11) is -3.20. The Morgan fingerprint density at radius 3 is 2.83 bits per heavy atom. The lowest BCUT2D eigenvalue weighted by atomic mass is 10.1. The van der Waals surface area contributed by atoms with Crippen LogP contribution in [0.15, 0.2) is 36.7 Å². The molecule has 1 fully saturated rings. The second kappa shape index (κ2) is 9.46. The molecule has 6 N–H and O–H groups in total. The highest BCUT2D eigenvalue weighted by atomic mass is 32.2. The van der Waals surface area contributed by atoms with Crippen molar-refractivity contribution in [3.05, 3.63) is 36.7 Å². The van der Waals surface area contributed by atoms with E-state index in [-0.39, 0.29) is 18.2 Å². The van der Waals surface area contributed by atoms with Gasteiger partial charge < -0.3 is 16.0 Å². The van der Waals surface area contributed by atoms with Gasteiger partial charge in [-0.25, -0.2) is 17.9 Å². The molecule has 1 aromatic heterocycles. The van der Waals surface area contributed by atoms with Crippen LogP contribution in [0.4, 0.5) is 10.5 Å². The Labute approximate surface area is 170 Å². The molecule has 1 saturated heterocycles. The first-order valence-electron chi connectivity index (χ1n) is 9.40. The van der Waals surface area contributed by atoms with Gasteiger partial charge in [-0.1, -0.05) is 6.07 Å². The van der Waals surface area contributed by atoms with Crippen molar-refractivity contribution in [2.24, 2.45) is 0 Å². The molecule has 158 valence electrons. The van der Waals surface area contributed by atoms with Crippen molar-refractivity contribution in [1.82, 2.24) is 31.0 Å². The van der Waals surface area contributed by atoms with Crippen molar-refractivity contribution >= 4 is 32.5 Å². The molecule has 3 atom stereocenters. The van der Waals surface area contributed by atoms with Gasteiger partial charge in [0.1, 0.15) is 6.29 Å². The number of aromatic nitrogens is 1. The lowest BCUT2D eigenvalue weighted by molar-refractivity contribution is 0.194. The predicted molar refractivity (Wildman–Crippen MR) is 113 cm³/mol. The zero-order valence-electron chi connectivity index (χ0n) is 16.4. The maximum absolute atomic E-state index is 12.4. The minimum absolute atomic E-state index is 0.0638. The van der Waals surface area contributed by atoms with Crippen LogP contribution in [0.25, 0.3) is 10.8 Å². The van der Waals surface area contributed by atoms with E-state index in [1.54, 1.807) is 12.4 Å². The molecule has 0 bridgehead atoms. The Hall–Kier alpha value is -2.31. The first-order chi connectivity index (χ1) is 13.8. The van der Waals surface area contributed by atoms with Gasteiger partial charge in [0, 0.05) is 42.6 Å². The zero-order valence-corrected chi connectivity index (χ0v) is 17.2. The maximum Gasteiger partial charge on any atom is 0.321 e. The van der Waals surface area contributed by atoms with Crippen molar-refractivity contribution in [3.8, 4) is 0 Å². The van der Waals surface area contributed by atoms with Gasteiger partial charge in [-0.05, 0) is 36.9 Å². The van der Waals surface area contributed by atoms with Gasteiger partial charge in [0.05, 0.1) is 12.4 Å². The van der Waals surface area contributed by atoms with Gasteiger partial charge >= 0.3 is 6.03 Å². The molecule has 0 radical (unpaired) electrons. The van der Waals surface area contributed by atoms with Crippen LogP contribution >= 0.6 is 0 Å². The molecular weight excluding hydrogens is 394 g/mol. The summed E-state index contributed by atoms with van der Waals surface area (Å²) >= 11 is 0. The summed E-state index contributed by atoms with van der Waals surface area (Å²) in [5.41, 5.74) is 0.687. The van der Waals surface area contributed by atoms with Gasteiger partial charge in [0.15, 0.2) is 0 Å². The minimum atomic E-state index is -3.20. The summed E-state index contributed by atoms with van der Waals surface area (Å²) < 4.78 is 24.7. The van der Waals surface area contributed by atoms with Crippen molar-refractivity contribution in [1.29, 1.82) is 0 Å². The highest BCUT2D eigenvalue weighted by Gasteiger charge is 2.25. The Morgan fingerprint density at radius 2 is 2.03 bits per heavy atom. The first kappa shape index (κ1) is 21.4. The van der Waals surface area contributed by atoms with Crippen LogP contribution in [0.3, 0.4) is 0 Å². The lowest BCUT2D eigenvalue weighted by Crippen LogP contribution is -2.68. The average molecular weight is 422 g/mol. The van der Waals surface area contributed by atoms with E-state index in [0.29, 0.717) is 18.8 Å². The van der Waals surface area contributed by atoms with Crippen LogP contribution in [0.2, 0.25) is 0 Å². The highest BCUT2D eigenvalue weighted by molar-refractivity contribution is 7.88. The molecule has 3 unspecified atom stereocenters. The first-order valence-corrected chi connectivity index (χ1v) is 11.3. The van der Waals surface area contributed by atoms with Crippen molar-refractivity contribution < 1.29 is 13.2 Å². The minimum Gasteiger partial charge on any atom is -0.310 e. The number of sulfonamides is 1. The van der Waals surface area contributed by atoms with E-state index in [9.17, 15) is 13.2 Å². The number of fused-ring (bicyclic) bond motifs is 1. The second-order valence-corrected chi connectivity index (χ2v) is 8.95. The average Bonchev–Trinajstić information content (AvgIpc) is 2.64. The fourth-order valence-corrected chi connectivity index (χ4v) is 3.66. The molecule has 3 rings (SSSR count). The van der Waals surface area contributed by atoms with Crippen LogP contribution in [-0.2, 0) is 10.0 Å². The largest absolute Gasteiger partial charge is 0.321 e. The highest BCUT2D eigenvalue weighted by Crippen LogP contribution is 2.17. The zero-order chi connectivity index (χ0) is 20.9. The van der Waals surface area contributed by atoms with Crippen LogP contribution < -0.4 is 31.3 Å². The lowest BCUT2D eigenvalue weighted by Gasteiger charge is -2.36. The van der Waals surface area contributed by atoms with E-state index in [1.165, 1.54) is 0 Å². The van der Waals surface area contributed by atoms with E-state index in [2.05, 4.69) is 36.3 Å². The predicted octanol–water partition coefficient (Wildman–Crippen LogP) is 0.0762. The molecule has 1 aromatic carbocycles. The maximum atomic E-state index is 12.4. The number of nitrogens with one attached hydrogen (secondary N) is 6. The van der Waals surface area contributed by atoms with Gasteiger partial charge in [-0.3, -0.25) is 15.6 Å². The number of carbonyl (C=O) groups excluding carboxylic acids is 1. The number of hydrogen-bond acceptors (Lipinski definition) is 7. The molecule has 1 aliphatic rings. The number of urea groups is 1. The number of pyridine rings is 1. The van der Waals surface area contributed by atoms with Gasteiger partial charge in [-0.2, -0.15) is 0 Å². The smallest absolute Gasteiger partial charge is 0.310 e. The van der Waals surface area contributed by atoms with Gasteiger partial charge in [0.2, 0.25) is 10.0 Å². The Balaban J connectivity index is 1.49. The van der Waals surface area contributed by atoms with Crippen LogP contribution in [0.1, 0.15) is 13.3 Å². The topological polar surface area (TPSA) is 136 Å². The summed E-state index contributed by atoms with van der Waals surface area (Å²) in [5.74, 6) is 0. The number of carbonyl (C=O) groups is 1. The van der Waals surface area contributed by atoms with Crippen LogP contribution in [0, 0.1) is 0 Å². The number of rotatable bonds is 7. The Kier molecular flexibility index (Phi) is 6.98. The van der Waals surface area contributed by atoms with Crippen LogP contribution in [0.5, 0.6) is 0 Å². The van der Waals surface area contributed by atoms with Gasteiger partial charge in [-0.15, -0.1) is 0 Å². The monoisotopic (exact) mass is 421 g/mol. The fraction of sp³-hybridized carbons (Fsp3) is 0.444. The molecular formula is C18H27N7O3S. The molecule has 0 spiro atoms.